The van der Waals surface area contributed by atoms with E-state index in [0.717, 1.165) is 18.2 Å². The largest absolute Gasteiger partial charge is 0.504 e. The molecule has 0 saturated heterocycles. The van der Waals surface area contributed by atoms with Crippen LogP contribution in [-0.4, -0.2) is 28.8 Å². The highest BCUT2D eigenvalue weighted by atomic mass is 16.5. The Hall–Kier alpha value is -1.29. The molecule has 4 nitrogen and oxygen atoms in total. The summed E-state index contributed by atoms with van der Waals surface area (Å²) in [7, 11) is 0. The number of nitrogens with zero attached hydrogens (tertiary/aromatic N) is 1. The first kappa shape index (κ1) is 20.4. The normalized spacial score (nSPS) is 32.5. The monoisotopic (exact) mass is 374 g/mol. The number of nitrogens with one attached hydrogen (secondary N) is 1. The van der Waals surface area contributed by atoms with Crippen molar-refractivity contribution in [1.29, 1.82) is 0 Å². The van der Waals surface area contributed by atoms with E-state index in [1.54, 1.807) is 6.07 Å². The minimum absolute atomic E-state index is 0.264. The van der Waals surface area contributed by atoms with Gasteiger partial charge in [0.1, 0.15) is 0 Å². The van der Waals surface area contributed by atoms with Gasteiger partial charge in [-0.15, -0.1) is 0 Å². The first-order valence-corrected chi connectivity index (χ1v) is 11.0. The third-order valence-electron chi connectivity index (χ3n) is 7.04. The third-order valence-corrected chi connectivity index (χ3v) is 7.04. The first-order valence-electron chi connectivity index (χ1n) is 11.0. The van der Waals surface area contributed by atoms with Gasteiger partial charge in [0.15, 0.2) is 11.6 Å². The van der Waals surface area contributed by atoms with Gasteiger partial charge in [-0.2, -0.15) is 0 Å². The molecule has 2 N–H and O–H groups in total. The quantitative estimate of drug-likeness (QED) is 0.680. The fourth-order valence-electron chi connectivity index (χ4n) is 5.22. The summed E-state index contributed by atoms with van der Waals surface area (Å²) in [5.41, 5.74) is 1.41. The highest BCUT2D eigenvalue weighted by Gasteiger charge is 2.38. The molecular formula is C23H38N2O2. The summed E-state index contributed by atoms with van der Waals surface area (Å²) < 4.78 is 5.87. The van der Waals surface area contributed by atoms with E-state index in [-0.39, 0.29) is 5.75 Å². The Balaban J connectivity index is 1.58. The second kappa shape index (κ2) is 9.27. The summed E-state index contributed by atoms with van der Waals surface area (Å²) in [6.45, 7) is 7.45. The van der Waals surface area contributed by atoms with Crippen molar-refractivity contribution in [3.63, 3.8) is 0 Å². The van der Waals surface area contributed by atoms with Gasteiger partial charge in [-0.3, -0.25) is 0 Å². The summed E-state index contributed by atoms with van der Waals surface area (Å²) in [4.78, 5) is 4.49. The van der Waals surface area contributed by atoms with Crippen LogP contribution in [0.2, 0.25) is 0 Å². The lowest BCUT2D eigenvalue weighted by molar-refractivity contribution is -0.0151. The van der Waals surface area contributed by atoms with Gasteiger partial charge in [0.05, 0.1) is 6.10 Å². The Kier molecular flexibility index (Phi) is 7.02. The maximum Gasteiger partial charge on any atom is 0.168 e. The van der Waals surface area contributed by atoms with E-state index < -0.39 is 0 Å². The van der Waals surface area contributed by atoms with Crippen LogP contribution in [0.1, 0.15) is 83.7 Å². The Labute approximate surface area is 165 Å². The summed E-state index contributed by atoms with van der Waals surface area (Å²) in [6.07, 6.45) is 13.1. The van der Waals surface area contributed by atoms with Crippen LogP contribution >= 0.6 is 0 Å². The van der Waals surface area contributed by atoms with Gasteiger partial charge in [-0.1, -0.05) is 19.8 Å². The highest BCUT2D eigenvalue weighted by Crippen LogP contribution is 2.47. The molecule has 0 radical (unpaired) electrons. The lowest BCUT2D eigenvalue weighted by Gasteiger charge is -2.44. The van der Waals surface area contributed by atoms with Crippen molar-refractivity contribution in [2.45, 2.75) is 97.1 Å². The molecule has 1 heterocycles. The molecule has 2 aliphatic carbocycles. The number of hydrogen-bond donors (Lipinski definition) is 2. The van der Waals surface area contributed by atoms with E-state index in [2.05, 4.69) is 24.1 Å². The minimum Gasteiger partial charge on any atom is -0.504 e. The fraction of sp³-hybridized carbons (Fsp3) is 0.783. The van der Waals surface area contributed by atoms with Gasteiger partial charge in [0, 0.05) is 18.3 Å². The van der Waals surface area contributed by atoms with Crippen LogP contribution in [0.3, 0.4) is 0 Å². The Morgan fingerprint density at radius 1 is 1.11 bits per heavy atom. The van der Waals surface area contributed by atoms with Gasteiger partial charge in [-0.25, -0.2) is 4.98 Å². The predicted molar refractivity (Wildman–Crippen MR) is 111 cm³/mol. The molecule has 0 spiro atoms. The van der Waals surface area contributed by atoms with E-state index in [1.165, 1.54) is 64.2 Å². The van der Waals surface area contributed by atoms with Crippen molar-refractivity contribution in [1.82, 2.24) is 4.98 Å². The topological polar surface area (TPSA) is 54.4 Å². The van der Waals surface area contributed by atoms with E-state index in [0.29, 0.717) is 23.4 Å². The van der Waals surface area contributed by atoms with Crippen LogP contribution in [0.25, 0.3) is 0 Å². The van der Waals surface area contributed by atoms with E-state index in [1.807, 2.05) is 13.0 Å². The molecule has 1 aromatic heterocycles. The molecule has 0 bridgehead atoms. The molecular weight excluding hydrogens is 336 g/mol. The maximum absolute atomic E-state index is 10.1. The fourth-order valence-corrected chi connectivity index (χ4v) is 5.22. The number of anilines is 1. The molecule has 27 heavy (non-hydrogen) atoms. The van der Waals surface area contributed by atoms with Crippen LogP contribution in [0.5, 0.6) is 5.75 Å². The standard InChI is InChI=1S/C23H38N2O2/c1-4-27-20-13-15-23(3,16-14-20)18-7-5-6-8-19(11-10-18)25-22-21(26)12-9-17(2)24-22/h9,12,18-20,26H,4-8,10-11,13-16H2,1-3H3,(H,24,25)/t18-,19?,20?,23?/m0/s1. The van der Waals surface area contributed by atoms with Gasteiger partial charge < -0.3 is 15.2 Å². The van der Waals surface area contributed by atoms with Crippen molar-refractivity contribution in [3.8, 4) is 5.75 Å². The molecule has 4 heteroatoms. The second-order valence-corrected chi connectivity index (χ2v) is 9.03. The van der Waals surface area contributed by atoms with Crippen molar-refractivity contribution < 1.29 is 9.84 Å². The first-order chi connectivity index (χ1) is 13.0. The average molecular weight is 375 g/mol. The molecule has 2 saturated carbocycles. The molecule has 0 aromatic carbocycles. The van der Waals surface area contributed by atoms with E-state index in [9.17, 15) is 5.11 Å². The zero-order chi connectivity index (χ0) is 19.3. The van der Waals surface area contributed by atoms with E-state index in [4.69, 9.17) is 4.74 Å². The lowest BCUT2D eigenvalue weighted by Crippen LogP contribution is -2.36. The van der Waals surface area contributed by atoms with Crippen LogP contribution in [-0.2, 0) is 4.74 Å². The molecule has 1 unspecified atom stereocenters. The summed E-state index contributed by atoms with van der Waals surface area (Å²) in [5.74, 6) is 1.73. The summed E-state index contributed by atoms with van der Waals surface area (Å²) in [6, 6.07) is 4.01. The predicted octanol–water partition coefficient (Wildman–Crippen LogP) is 5.83. The highest BCUT2D eigenvalue weighted by molar-refractivity contribution is 5.50. The van der Waals surface area contributed by atoms with Crippen molar-refractivity contribution in [3.05, 3.63) is 17.8 Å². The Morgan fingerprint density at radius 3 is 2.59 bits per heavy atom. The zero-order valence-electron chi connectivity index (χ0n) is 17.5. The van der Waals surface area contributed by atoms with Crippen LogP contribution in [0.15, 0.2) is 12.1 Å². The van der Waals surface area contributed by atoms with Gasteiger partial charge in [0.2, 0.25) is 0 Å². The summed E-state index contributed by atoms with van der Waals surface area (Å²) >= 11 is 0. The molecule has 0 aliphatic heterocycles. The molecule has 3 rings (SSSR count). The molecule has 152 valence electrons. The van der Waals surface area contributed by atoms with Gasteiger partial charge >= 0.3 is 0 Å². The number of ether oxygens (including phenoxy) is 1. The lowest BCUT2D eigenvalue weighted by atomic mass is 9.63. The Bertz CT molecular complexity index is 596. The Morgan fingerprint density at radius 2 is 1.85 bits per heavy atom. The van der Waals surface area contributed by atoms with Crippen molar-refractivity contribution >= 4 is 5.82 Å². The van der Waals surface area contributed by atoms with Gasteiger partial charge in [-0.05, 0) is 88.7 Å². The summed E-state index contributed by atoms with van der Waals surface area (Å²) in [5, 5.41) is 13.7. The number of aromatic nitrogens is 1. The molecule has 2 atom stereocenters. The zero-order valence-corrected chi connectivity index (χ0v) is 17.5. The van der Waals surface area contributed by atoms with E-state index >= 15 is 0 Å². The average Bonchev–Trinajstić information content (AvgIpc) is 2.62. The van der Waals surface area contributed by atoms with Crippen molar-refractivity contribution in [2.75, 3.05) is 11.9 Å². The number of rotatable bonds is 5. The minimum atomic E-state index is 0.264. The van der Waals surface area contributed by atoms with Crippen LogP contribution in [0.4, 0.5) is 5.82 Å². The molecule has 2 aliphatic rings. The maximum atomic E-state index is 10.1. The smallest absolute Gasteiger partial charge is 0.168 e. The van der Waals surface area contributed by atoms with Gasteiger partial charge in [0.25, 0.3) is 0 Å². The number of pyridine rings is 1. The number of aromatic hydroxyl groups is 1. The second-order valence-electron chi connectivity index (χ2n) is 9.03. The molecule has 0 amide bonds. The van der Waals surface area contributed by atoms with Crippen LogP contribution < -0.4 is 5.32 Å². The molecule has 2 fully saturated rings. The van der Waals surface area contributed by atoms with Crippen molar-refractivity contribution in [2.24, 2.45) is 11.3 Å². The number of aryl methyl sites for hydroxylation is 1. The molecule has 1 aromatic rings. The number of hydrogen-bond acceptors (Lipinski definition) is 4. The van der Waals surface area contributed by atoms with Crippen LogP contribution in [0, 0.1) is 18.3 Å². The SMILES string of the molecule is CCOC1CCC(C)([C@H]2CCCCC(Nc3nc(C)ccc3O)CC2)CC1. The third kappa shape index (κ3) is 5.37.